The summed E-state index contributed by atoms with van der Waals surface area (Å²) in [7, 11) is 1.30. The number of pyridine rings is 1. The number of carbonyl (C=O) groups is 2. The standard InChI is InChI=1S/C18H20ClN3O3/c1-25-17(23)7-5-15(20)18(24)22-16-6-4-14(19)10-13(16)9-12-3-2-8-21-11-12/h2-4,6,8,10-11,15H,5,7,9,20H2,1H3,(H,22,24)/t15-/m0/s1. The molecule has 0 radical (unpaired) electrons. The van der Waals surface area contributed by atoms with E-state index in [4.69, 9.17) is 17.3 Å². The van der Waals surface area contributed by atoms with Gasteiger partial charge in [0, 0.05) is 35.9 Å². The van der Waals surface area contributed by atoms with Gasteiger partial charge in [-0.25, -0.2) is 0 Å². The lowest BCUT2D eigenvalue weighted by Gasteiger charge is -2.15. The number of nitrogens with two attached hydrogens (primary N) is 1. The maximum Gasteiger partial charge on any atom is 0.305 e. The maximum atomic E-state index is 12.3. The van der Waals surface area contributed by atoms with E-state index in [2.05, 4.69) is 15.0 Å². The maximum absolute atomic E-state index is 12.3. The number of nitrogens with one attached hydrogen (secondary N) is 1. The Bertz CT molecular complexity index is 738. The zero-order chi connectivity index (χ0) is 18.2. The van der Waals surface area contributed by atoms with Crippen molar-refractivity contribution in [2.45, 2.75) is 25.3 Å². The van der Waals surface area contributed by atoms with Gasteiger partial charge < -0.3 is 15.8 Å². The van der Waals surface area contributed by atoms with Crippen LogP contribution in [0.1, 0.15) is 24.0 Å². The molecule has 7 heteroatoms. The molecular weight excluding hydrogens is 342 g/mol. The number of hydrogen-bond donors (Lipinski definition) is 2. The Morgan fingerprint density at radius 3 is 2.84 bits per heavy atom. The number of nitrogens with zero attached hydrogens (tertiary/aromatic N) is 1. The molecule has 0 saturated heterocycles. The summed E-state index contributed by atoms with van der Waals surface area (Å²) in [6, 6.07) is 8.22. The Labute approximate surface area is 151 Å². The van der Waals surface area contributed by atoms with Gasteiger partial charge in [-0.1, -0.05) is 17.7 Å². The van der Waals surface area contributed by atoms with Crippen LogP contribution in [0.4, 0.5) is 5.69 Å². The number of anilines is 1. The molecule has 0 bridgehead atoms. The first-order valence-electron chi connectivity index (χ1n) is 7.80. The zero-order valence-corrected chi connectivity index (χ0v) is 14.6. The number of hydrogen-bond acceptors (Lipinski definition) is 5. The van der Waals surface area contributed by atoms with Gasteiger partial charge in [-0.3, -0.25) is 14.6 Å². The van der Waals surface area contributed by atoms with Crippen LogP contribution < -0.4 is 11.1 Å². The predicted molar refractivity (Wildman–Crippen MR) is 96.4 cm³/mol. The molecule has 1 amide bonds. The summed E-state index contributed by atoms with van der Waals surface area (Å²) in [4.78, 5) is 27.5. The van der Waals surface area contributed by atoms with E-state index in [9.17, 15) is 9.59 Å². The number of carbonyl (C=O) groups excluding carboxylic acids is 2. The number of methoxy groups -OCH3 is 1. The molecule has 6 nitrogen and oxygen atoms in total. The van der Waals surface area contributed by atoms with Crippen LogP contribution in [0.5, 0.6) is 0 Å². The van der Waals surface area contributed by atoms with E-state index in [1.165, 1.54) is 7.11 Å². The molecule has 25 heavy (non-hydrogen) atoms. The van der Waals surface area contributed by atoms with E-state index < -0.39 is 12.0 Å². The van der Waals surface area contributed by atoms with Gasteiger partial charge in [0.15, 0.2) is 0 Å². The molecule has 132 valence electrons. The molecule has 2 aromatic rings. The molecule has 0 unspecified atom stereocenters. The molecule has 1 aromatic heterocycles. The minimum absolute atomic E-state index is 0.0915. The van der Waals surface area contributed by atoms with E-state index in [1.807, 2.05) is 12.1 Å². The quantitative estimate of drug-likeness (QED) is 0.739. The first-order chi connectivity index (χ1) is 12.0. The Balaban J connectivity index is 2.08. The van der Waals surface area contributed by atoms with E-state index in [0.717, 1.165) is 11.1 Å². The van der Waals surface area contributed by atoms with Crippen LogP contribution in [-0.2, 0) is 20.7 Å². The third-order valence-corrected chi connectivity index (χ3v) is 3.90. The molecular formula is C18H20ClN3O3. The molecule has 0 spiro atoms. The SMILES string of the molecule is COC(=O)CC[C@H](N)C(=O)Nc1ccc(Cl)cc1Cc1cccnc1. The third kappa shape index (κ3) is 5.85. The first kappa shape index (κ1) is 18.9. The van der Waals surface area contributed by atoms with Gasteiger partial charge in [0.05, 0.1) is 13.2 Å². The highest BCUT2D eigenvalue weighted by Gasteiger charge is 2.17. The summed E-state index contributed by atoms with van der Waals surface area (Å²) in [6.07, 6.45) is 4.33. The van der Waals surface area contributed by atoms with Crippen molar-refractivity contribution in [3.63, 3.8) is 0 Å². The van der Waals surface area contributed by atoms with Crippen LogP contribution in [-0.4, -0.2) is 30.0 Å². The van der Waals surface area contributed by atoms with Gasteiger partial charge in [0.2, 0.25) is 5.91 Å². The van der Waals surface area contributed by atoms with E-state index in [0.29, 0.717) is 17.1 Å². The lowest BCUT2D eigenvalue weighted by molar-refractivity contribution is -0.140. The van der Waals surface area contributed by atoms with Gasteiger partial charge >= 0.3 is 5.97 Å². The first-order valence-corrected chi connectivity index (χ1v) is 8.18. The van der Waals surface area contributed by atoms with Crippen molar-refractivity contribution in [2.24, 2.45) is 5.73 Å². The summed E-state index contributed by atoms with van der Waals surface area (Å²) >= 11 is 6.08. The van der Waals surface area contributed by atoms with Crippen molar-refractivity contribution in [1.82, 2.24) is 4.98 Å². The van der Waals surface area contributed by atoms with E-state index in [-0.39, 0.29) is 18.7 Å². The van der Waals surface area contributed by atoms with Crippen LogP contribution in [0.15, 0.2) is 42.7 Å². The molecule has 0 aliphatic rings. The summed E-state index contributed by atoms with van der Waals surface area (Å²) in [6.45, 7) is 0. The lowest BCUT2D eigenvalue weighted by Crippen LogP contribution is -2.36. The third-order valence-electron chi connectivity index (χ3n) is 3.67. The molecule has 3 N–H and O–H groups in total. The largest absolute Gasteiger partial charge is 0.469 e. The number of esters is 1. The van der Waals surface area contributed by atoms with Crippen LogP contribution >= 0.6 is 11.6 Å². The Hall–Kier alpha value is -2.44. The second-order valence-corrected chi connectivity index (χ2v) is 5.99. The van der Waals surface area contributed by atoms with Gasteiger partial charge in [0.25, 0.3) is 0 Å². The molecule has 0 aliphatic carbocycles. The highest BCUT2D eigenvalue weighted by Crippen LogP contribution is 2.23. The number of benzene rings is 1. The number of amides is 1. The summed E-state index contributed by atoms with van der Waals surface area (Å²) in [5.74, 6) is -0.759. The highest BCUT2D eigenvalue weighted by atomic mass is 35.5. The lowest BCUT2D eigenvalue weighted by atomic mass is 10.0. The Morgan fingerprint density at radius 2 is 2.16 bits per heavy atom. The molecule has 0 aliphatic heterocycles. The summed E-state index contributed by atoms with van der Waals surface area (Å²) in [5.41, 5.74) is 8.33. The van der Waals surface area contributed by atoms with Crippen molar-refractivity contribution in [3.8, 4) is 0 Å². The second kappa shape index (κ2) is 9.15. The van der Waals surface area contributed by atoms with Gasteiger partial charge in [-0.15, -0.1) is 0 Å². The Morgan fingerprint density at radius 1 is 1.36 bits per heavy atom. The summed E-state index contributed by atoms with van der Waals surface area (Å²) < 4.78 is 4.55. The molecule has 1 heterocycles. The molecule has 1 atom stereocenters. The van der Waals surface area contributed by atoms with Crippen molar-refractivity contribution in [2.75, 3.05) is 12.4 Å². The topological polar surface area (TPSA) is 94.3 Å². The van der Waals surface area contributed by atoms with Crippen LogP contribution in [0, 0.1) is 0 Å². The number of halogens is 1. The molecule has 2 rings (SSSR count). The van der Waals surface area contributed by atoms with E-state index >= 15 is 0 Å². The van der Waals surface area contributed by atoms with Crippen LogP contribution in [0.3, 0.4) is 0 Å². The number of rotatable bonds is 7. The molecule has 0 saturated carbocycles. The summed E-state index contributed by atoms with van der Waals surface area (Å²) in [5, 5.41) is 3.38. The van der Waals surface area contributed by atoms with E-state index in [1.54, 1.807) is 30.6 Å². The monoisotopic (exact) mass is 361 g/mol. The zero-order valence-electron chi connectivity index (χ0n) is 13.9. The minimum Gasteiger partial charge on any atom is -0.469 e. The van der Waals surface area contributed by atoms with Crippen molar-refractivity contribution >= 4 is 29.2 Å². The second-order valence-electron chi connectivity index (χ2n) is 5.55. The fraction of sp³-hybridized carbons (Fsp3) is 0.278. The minimum atomic E-state index is -0.805. The molecule has 0 fully saturated rings. The van der Waals surface area contributed by atoms with Crippen LogP contribution in [0.2, 0.25) is 5.02 Å². The predicted octanol–water partition coefficient (Wildman–Crippen LogP) is 2.54. The fourth-order valence-electron chi connectivity index (χ4n) is 2.29. The van der Waals surface area contributed by atoms with Crippen molar-refractivity contribution in [3.05, 3.63) is 58.9 Å². The number of aromatic nitrogens is 1. The van der Waals surface area contributed by atoms with Gasteiger partial charge in [-0.2, -0.15) is 0 Å². The average molecular weight is 362 g/mol. The number of ether oxygens (including phenoxy) is 1. The van der Waals surface area contributed by atoms with Crippen molar-refractivity contribution in [1.29, 1.82) is 0 Å². The Kier molecular flexibility index (Phi) is 6.91. The van der Waals surface area contributed by atoms with Crippen LogP contribution in [0.25, 0.3) is 0 Å². The van der Waals surface area contributed by atoms with Gasteiger partial charge in [-0.05, 0) is 41.8 Å². The normalized spacial score (nSPS) is 11.6. The average Bonchev–Trinajstić information content (AvgIpc) is 2.62. The highest BCUT2D eigenvalue weighted by molar-refractivity contribution is 6.30. The molecule has 1 aromatic carbocycles. The fourth-order valence-corrected chi connectivity index (χ4v) is 2.48. The van der Waals surface area contributed by atoms with Gasteiger partial charge in [0.1, 0.15) is 0 Å². The smallest absolute Gasteiger partial charge is 0.305 e. The van der Waals surface area contributed by atoms with Crippen molar-refractivity contribution < 1.29 is 14.3 Å².